The van der Waals surface area contributed by atoms with Crippen molar-refractivity contribution in [2.24, 2.45) is 0 Å². The predicted octanol–water partition coefficient (Wildman–Crippen LogP) is 1.66. The molecule has 0 aliphatic carbocycles. The third-order valence-electron chi connectivity index (χ3n) is 4.17. The molecular formula is C15H18N2O2. The summed E-state index contributed by atoms with van der Waals surface area (Å²) in [5.74, 6) is -0.191. The van der Waals surface area contributed by atoms with Crippen LogP contribution in [0.2, 0.25) is 0 Å². The van der Waals surface area contributed by atoms with Gasteiger partial charge < -0.3 is 15.0 Å². The van der Waals surface area contributed by atoms with E-state index in [4.69, 9.17) is 5.11 Å². The highest BCUT2D eigenvalue weighted by atomic mass is 16.3. The van der Waals surface area contributed by atoms with Crippen LogP contribution < -0.4 is 0 Å². The summed E-state index contributed by atoms with van der Waals surface area (Å²) in [4.78, 5) is 16.9. The van der Waals surface area contributed by atoms with Gasteiger partial charge in [0.15, 0.2) is 0 Å². The zero-order chi connectivity index (χ0) is 13.6. The molecule has 0 spiro atoms. The Kier molecular flexibility index (Phi) is 2.82. The molecule has 100 valence electrons. The number of fused-ring (bicyclic) bond motifs is 3. The molecular weight excluding hydrogens is 240 g/mol. The highest BCUT2D eigenvalue weighted by molar-refractivity contribution is 5.89. The van der Waals surface area contributed by atoms with E-state index in [1.807, 2.05) is 0 Å². The summed E-state index contributed by atoms with van der Waals surface area (Å²) < 4.78 is 0. The third kappa shape index (κ3) is 1.83. The lowest BCUT2D eigenvalue weighted by Gasteiger charge is -2.26. The molecule has 3 rings (SSSR count). The number of benzene rings is 1. The molecule has 1 aliphatic heterocycles. The van der Waals surface area contributed by atoms with E-state index in [0.29, 0.717) is 13.1 Å². The van der Waals surface area contributed by atoms with E-state index in [-0.39, 0.29) is 5.91 Å². The highest BCUT2D eigenvalue weighted by Gasteiger charge is 2.23. The molecule has 1 amide bonds. The Morgan fingerprint density at radius 1 is 1.42 bits per heavy atom. The Labute approximate surface area is 112 Å². The van der Waals surface area contributed by atoms with Crippen LogP contribution in [0.25, 0.3) is 10.9 Å². The summed E-state index contributed by atoms with van der Waals surface area (Å²) >= 11 is 0. The van der Waals surface area contributed by atoms with Crippen molar-refractivity contribution >= 4 is 16.8 Å². The van der Waals surface area contributed by atoms with Crippen molar-refractivity contribution in [2.75, 3.05) is 13.2 Å². The molecule has 4 nitrogen and oxygen atoms in total. The first kappa shape index (κ1) is 12.2. The zero-order valence-electron chi connectivity index (χ0n) is 11.3. The van der Waals surface area contributed by atoms with E-state index in [1.54, 1.807) is 4.90 Å². The second-order valence-electron chi connectivity index (χ2n) is 5.24. The monoisotopic (exact) mass is 258 g/mol. The number of aliphatic hydroxyl groups is 1. The number of aryl methyl sites for hydroxylation is 2. The number of aromatic amines is 1. The second kappa shape index (κ2) is 4.38. The number of rotatable bonds is 1. The third-order valence-corrected chi connectivity index (χ3v) is 4.17. The Hall–Kier alpha value is -1.81. The topological polar surface area (TPSA) is 56.3 Å². The molecule has 1 aliphatic rings. The van der Waals surface area contributed by atoms with E-state index < -0.39 is 6.61 Å². The Morgan fingerprint density at radius 2 is 2.21 bits per heavy atom. The fourth-order valence-electron chi connectivity index (χ4n) is 2.84. The summed E-state index contributed by atoms with van der Waals surface area (Å²) in [5, 5.41) is 10.2. The molecule has 0 bridgehead atoms. The Balaban J connectivity index is 2.09. The number of nitrogens with zero attached hydrogens (tertiary/aromatic N) is 1. The lowest BCUT2D eigenvalue weighted by molar-refractivity contribution is -0.135. The average Bonchev–Trinajstić information content (AvgIpc) is 2.80. The predicted molar refractivity (Wildman–Crippen MR) is 74.0 cm³/mol. The van der Waals surface area contributed by atoms with Crippen LogP contribution in [0.3, 0.4) is 0 Å². The van der Waals surface area contributed by atoms with Crippen molar-refractivity contribution in [1.82, 2.24) is 9.88 Å². The Bertz CT molecular complexity index is 658. The van der Waals surface area contributed by atoms with E-state index in [9.17, 15) is 4.79 Å². The van der Waals surface area contributed by atoms with Gasteiger partial charge >= 0.3 is 0 Å². The average molecular weight is 258 g/mol. The van der Waals surface area contributed by atoms with Crippen LogP contribution in [0, 0.1) is 13.8 Å². The molecule has 19 heavy (non-hydrogen) atoms. The summed E-state index contributed by atoms with van der Waals surface area (Å²) in [5.41, 5.74) is 6.15. The van der Waals surface area contributed by atoms with Gasteiger partial charge in [-0.2, -0.15) is 0 Å². The van der Waals surface area contributed by atoms with Crippen molar-refractivity contribution in [3.05, 3.63) is 34.5 Å². The van der Waals surface area contributed by atoms with Crippen LogP contribution in [-0.4, -0.2) is 34.0 Å². The fraction of sp³-hybridized carbons (Fsp3) is 0.400. The van der Waals surface area contributed by atoms with Crippen LogP contribution in [0.4, 0.5) is 0 Å². The van der Waals surface area contributed by atoms with Gasteiger partial charge in [0.25, 0.3) is 0 Å². The number of H-pyrrole nitrogens is 1. The molecule has 0 fully saturated rings. The van der Waals surface area contributed by atoms with Gasteiger partial charge in [0.2, 0.25) is 5.91 Å². The molecule has 2 aromatic rings. The number of carbonyl (C=O) groups is 1. The molecule has 1 aromatic carbocycles. The molecule has 4 heteroatoms. The fourth-order valence-corrected chi connectivity index (χ4v) is 2.84. The molecule has 0 atom stereocenters. The maximum absolute atomic E-state index is 11.6. The molecule has 0 saturated carbocycles. The molecule has 2 N–H and O–H groups in total. The summed E-state index contributed by atoms with van der Waals surface area (Å²) in [7, 11) is 0. The number of aromatic nitrogens is 1. The molecule has 2 heterocycles. The SMILES string of the molecule is Cc1ccc2c3c([nH]c2c1C)CCN(C(=O)CO)C3. The standard InChI is InChI=1S/C15H18N2O2/c1-9-3-4-11-12-7-17(14(19)8-18)6-5-13(12)16-15(11)10(9)2/h3-4,16,18H,5-8H2,1-2H3. The van der Waals surface area contributed by atoms with E-state index in [2.05, 4.69) is 31.0 Å². The summed E-state index contributed by atoms with van der Waals surface area (Å²) in [6.07, 6.45) is 0.828. The van der Waals surface area contributed by atoms with Crippen LogP contribution >= 0.6 is 0 Å². The molecule has 0 unspecified atom stereocenters. The minimum Gasteiger partial charge on any atom is -0.387 e. The van der Waals surface area contributed by atoms with Gasteiger partial charge in [0.1, 0.15) is 6.61 Å². The molecule has 0 saturated heterocycles. The lowest BCUT2D eigenvalue weighted by Crippen LogP contribution is -2.37. The number of hydrogen-bond acceptors (Lipinski definition) is 2. The minimum absolute atomic E-state index is 0.191. The van der Waals surface area contributed by atoms with Gasteiger partial charge in [-0.15, -0.1) is 0 Å². The molecule has 0 radical (unpaired) electrons. The van der Waals surface area contributed by atoms with Crippen LogP contribution in [0.1, 0.15) is 22.4 Å². The lowest BCUT2D eigenvalue weighted by atomic mass is 10.0. The van der Waals surface area contributed by atoms with Gasteiger partial charge in [-0.25, -0.2) is 0 Å². The first-order valence-corrected chi connectivity index (χ1v) is 6.60. The second-order valence-corrected chi connectivity index (χ2v) is 5.24. The molecule has 1 aromatic heterocycles. The normalized spacial score (nSPS) is 14.8. The number of hydrogen-bond donors (Lipinski definition) is 2. The quantitative estimate of drug-likeness (QED) is 0.817. The van der Waals surface area contributed by atoms with Gasteiger partial charge in [0, 0.05) is 41.7 Å². The number of nitrogens with one attached hydrogen (secondary N) is 1. The summed E-state index contributed by atoms with van der Waals surface area (Å²) in [6, 6.07) is 4.25. The van der Waals surface area contributed by atoms with E-state index >= 15 is 0 Å². The van der Waals surface area contributed by atoms with Crippen molar-refractivity contribution in [3.63, 3.8) is 0 Å². The minimum atomic E-state index is -0.407. The maximum Gasteiger partial charge on any atom is 0.248 e. The Morgan fingerprint density at radius 3 is 2.95 bits per heavy atom. The van der Waals surface area contributed by atoms with Crippen molar-refractivity contribution in [3.8, 4) is 0 Å². The van der Waals surface area contributed by atoms with Crippen molar-refractivity contribution < 1.29 is 9.90 Å². The van der Waals surface area contributed by atoms with Gasteiger partial charge in [-0.3, -0.25) is 4.79 Å². The zero-order valence-corrected chi connectivity index (χ0v) is 11.3. The smallest absolute Gasteiger partial charge is 0.248 e. The van der Waals surface area contributed by atoms with Crippen LogP contribution in [-0.2, 0) is 17.8 Å². The largest absolute Gasteiger partial charge is 0.387 e. The van der Waals surface area contributed by atoms with E-state index in [1.165, 1.54) is 33.3 Å². The van der Waals surface area contributed by atoms with Gasteiger partial charge in [-0.1, -0.05) is 12.1 Å². The number of aliphatic hydroxyl groups excluding tert-OH is 1. The highest BCUT2D eigenvalue weighted by Crippen LogP contribution is 2.30. The van der Waals surface area contributed by atoms with Crippen LogP contribution in [0.15, 0.2) is 12.1 Å². The van der Waals surface area contributed by atoms with Crippen molar-refractivity contribution in [1.29, 1.82) is 0 Å². The maximum atomic E-state index is 11.6. The van der Waals surface area contributed by atoms with E-state index in [0.717, 1.165) is 6.42 Å². The summed E-state index contributed by atoms with van der Waals surface area (Å²) in [6.45, 7) is 5.09. The van der Waals surface area contributed by atoms with Crippen LogP contribution in [0.5, 0.6) is 0 Å². The number of carbonyl (C=O) groups excluding carboxylic acids is 1. The first-order valence-electron chi connectivity index (χ1n) is 6.60. The van der Waals surface area contributed by atoms with Gasteiger partial charge in [0.05, 0.1) is 0 Å². The first-order chi connectivity index (χ1) is 9.11. The van der Waals surface area contributed by atoms with Crippen molar-refractivity contribution in [2.45, 2.75) is 26.8 Å². The van der Waals surface area contributed by atoms with Gasteiger partial charge in [-0.05, 0) is 25.0 Å². The number of amides is 1.